The highest BCUT2D eigenvalue weighted by atomic mass is 16.6. The lowest BCUT2D eigenvalue weighted by atomic mass is 9.78. The first-order valence-electron chi connectivity index (χ1n) is 18.8. The summed E-state index contributed by atoms with van der Waals surface area (Å²) in [4.78, 5) is 25.2. The van der Waals surface area contributed by atoms with Crippen LogP contribution in [0.25, 0.3) is 0 Å². The molecule has 0 N–H and O–H groups in total. The number of hydrogen-bond donors (Lipinski definition) is 0. The zero-order valence-electron chi connectivity index (χ0n) is 29.4. The molecule has 0 heterocycles. The molecule has 260 valence electrons. The molecule has 0 spiro atoms. The van der Waals surface area contributed by atoms with E-state index < -0.39 is 18.0 Å². The van der Waals surface area contributed by atoms with Gasteiger partial charge < -0.3 is 18.9 Å². The summed E-state index contributed by atoms with van der Waals surface area (Å²) in [5, 5.41) is 0. The van der Waals surface area contributed by atoms with Crippen LogP contribution in [0.4, 0.5) is 0 Å². The van der Waals surface area contributed by atoms with E-state index in [0.717, 1.165) is 48.0 Å². The third kappa shape index (κ3) is 13.2. The summed E-state index contributed by atoms with van der Waals surface area (Å²) in [5.41, 5.74) is 0.879. The van der Waals surface area contributed by atoms with Crippen molar-refractivity contribution in [2.24, 2.45) is 23.7 Å². The minimum atomic E-state index is -0.580. The predicted octanol–water partition coefficient (Wildman–Crippen LogP) is 10.6. The van der Waals surface area contributed by atoms with Crippen LogP contribution in [0.3, 0.4) is 0 Å². The number of ether oxygens (including phenoxy) is 4. The van der Waals surface area contributed by atoms with Crippen molar-refractivity contribution in [3.63, 3.8) is 0 Å². The summed E-state index contributed by atoms with van der Waals surface area (Å²) in [5.74, 6) is 4.18. The zero-order chi connectivity index (χ0) is 33.3. The Hall–Kier alpha value is -3.02. The van der Waals surface area contributed by atoms with Crippen molar-refractivity contribution in [2.75, 3.05) is 19.8 Å². The summed E-state index contributed by atoms with van der Waals surface area (Å²) >= 11 is 0. The SMILES string of the molecule is CCCC1CCC(CCCOc2ccc(C(=O)OC[C@@H](C)OC(=O)c3ccc(OCCCC4CCC(CCC)CC4)cc3)cc2)CC1. The van der Waals surface area contributed by atoms with Gasteiger partial charge in [0.1, 0.15) is 24.2 Å². The van der Waals surface area contributed by atoms with Gasteiger partial charge in [-0.25, -0.2) is 9.59 Å². The highest BCUT2D eigenvalue weighted by Crippen LogP contribution is 2.35. The molecular formula is C41H60O6. The molecule has 0 aliphatic heterocycles. The van der Waals surface area contributed by atoms with E-state index in [1.165, 1.54) is 89.9 Å². The third-order valence-electron chi connectivity index (χ3n) is 10.3. The lowest BCUT2D eigenvalue weighted by Crippen LogP contribution is -2.22. The van der Waals surface area contributed by atoms with Gasteiger partial charge in [-0.1, -0.05) is 90.9 Å². The normalized spacial score (nSPS) is 21.9. The van der Waals surface area contributed by atoms with Gasteiger partial charge in [0, 0.05) is 0 Å². The van der Waals surface area contributed by atoms with Crippen LogP contribution in [-0.2, 0) is 9.47 Å². The van der Waals surface area contributed by atoms with Gasteiger partial charge in [-0.05, 0) is 105 Å². The molecule has 2 fully saturated rings. The maximum Gasteiger partial charge on any atom is 0.338 e. The molecule has 6 heteroatoms. The van der Waals surface area contributed by atoms with Gasteiger partial charge in [-0.15, -0.1) is 0 Å². The van der Waals surface area contributed by atoms with Crippen LogP contribution in [0, 0.1) is 23.7 Å². The fourth-order valence-electron chi connectivity index (χ4n) is 7.49. The van der Waals surface area contributed by atoms with Crippen molar-refractivity contribution >= 4 is 11.9 Å². The van der Waals surface area contributed by atoms with Gasteiger partial charge in [0.15, 0.2) is 0 Å². The summed E-state index contributed by atoms with van der Waals surface area (Å²) in [6.45, 7) is 7.65. The van der Waals surface area contributed by atoms with Gasteiger partial charge in [0.2, 0.25) is 0 Å². The molecule has 0 unspecified atom stereocenters. The van der Waals surface area contributed by atoms with Crippen molar-refractivity contribution in [3.8, 4) is 11.5 Å². The Kier molecular flexibility index (Phi) is 16.0. The molecular weight excluding hydrogens is 588 g/mol. The van der Waals surface area contributed by atoms with Crippen molar-refractivity contribution in [1.82, 2.24) is 0 Å². The van der Waals surface area contributed by atoms with Crippen molar-refractivity contribution in [2.45, 2.75) is 130 Å². The monoisotopic (exact) mass is 648 g/mol. The first-order chi connectivity index (χ1) is 22.9. The smallest absolute Gasteiger partial charge is 0.338 e. The van der Waals surface area contributed by atoms with E-state index in [4.69, 9.17) is 18.9 Å². The minimum absolute atomic E-state index is 0.0232. The Morgan fingerprint density at radius 1 is 0.596 bits per heavy atom. The third-order valence-corrected chi connectivity index (χ3v) is 10.3. The second-order valence-electron chi connectivity index (χ2n) is 14.2. The van der Waals surface area contributed by atoms with Gasteiger partial charge in [-0.2, -0.15) is 0 Å². The Bertz CT molecular complexity index is 1160. The van der Waals surface area contributed by atoms with E-state index >= 15 is 0 Å². The molecule has 47 heavy (non-hydrogen) atoms. The predicted molar refractivity (Wildman–Crippen MR) is 188 cm³/mol. The molecule has 2 aromatic carbocycles. The van der Waals surface area contributed by atoms with Gasteiger partial charge in [0.25, 0.3) is 0 Å². The lowest BCUT2D eigenvalue weighted by Gasteiger charge is -2.28. The number of carbonyl (C=O) groups is 2. The minimum Gasteiger partial charge on any atom is -0.494 e. The van der Waals surface area contributed by atoms with Crippen LogP contribution in [0.1, 0.15) is 144 Å². The topological polar surface area (TPSA) is 71.1 Å². The van der Waals surface area contributed by atoms with Crippen molar-refractivity contribution < 1.29 is 28.5 Å². The fraction of sp³-hybridized carbons (Fsp3) is 0.659. The van der Waals surface area contributed by atoms with Gasteiger partial charge in [-0.3, -0.25) is 0 Å². The fourth-order valence-corrected chi connectivity index (χ4v) is 7.49. The molecule has 1 atom stereocenters. The number of esters is 2. The highest BCUT2D eigenvalue weighted by Gasteiger charge is 2.21. The van der Waals surface area contributed by atoms with E-state index in [9.17, 15) is 9.59 Å². The summed E-state index contributed by atoms with van der Waals surface area (Å²) in [6, 6.07) is 14.1. The van der Waals surface area contributed by atoms with E-state index in [1.54, 1.807) is 31.2 Å². The van der Waals surface area contributed by atoms with Crippen LogP contribution >= 0.6 is 0 Å². The Balaban J connectivity index is 1.06. The summed E-state index contributed by atoms with van der Waals surface area (Å²) in [7, 11) is 0. The second kappa shape index (κ2) is 20.4. The molecule has 0 bridgehead atoms. The second-order valence-corrected chi connectivity index (χ2v) is 14.2. The average molecular weight is 649 g/mol. The number of carbonyl (C=O) groups excluding carboxylic acids is 2. The maximum atomic E-state index is 12.6. The average Bonchev–Trinajstić information content (AvgIpc) is 3.09. The molecule has 4 rings (SSSR count). The number of benzene rings is 2. The number of hydrogen-bond acceptors (Lipinski definition) is 6. The summed E-state index contributed by atoms with van der Waals surface area (Å²) < 4.78 is 22.8. The standard InChI is InChI=1S/C41H60O6/c1-4-8-32-12-16-34(17-13-32)10-6-28-44-38-24-20-36(21-25-38)40(42)46-30-31(3)47-41(43)37-22-26-39(27-23-37)45-29-7-11-35-18-14-33(9-5-2)15-19-35/h20-27,31-35H,4-19,28-30H2,1-3H3/t31-,32?,33?,34?,35?/m1/s1. The quantitative estimate of drug-likeness (QED) is 0.111. The van der Waals surface area contributed by atoms with Gasteiger partial charge >= 0.3 is 11.9 Å². The van der Waals surface area contributed by atoms with Crippen LogP contribution in [0.5, 0.6) is 11.5 Å². The molecule has 6 nitrogen and oxygen atoms in total. The Morgan fingerprint density at radius 3 is 1.38 bits per heavy atom. The van der Waals surface area contributed by atoms with Crippen molar-refractivity contribution in [1.29, 1.82) is 0 Å². The van der Waals surface area contributed by atoms with E-state index in [-0.39, 0.29) is 6.61 Å². The van der Waals surface area contributed by atoms with Gasteiger partial charge in [0.05, 0.1) is 24.3 Å². The van der Waals surface area contributed by atoms with E-state index in [1.807, 2.05) is 24.3 Å². The molecule has 0 radical (unpaired) electrons. The largest absolute Gasteiger partial charge is 0.494 e. The maximum absolute atomic E-state index is 12.6. The molecule has 2 aliphatic rings. The lowest BCUT2D eigenvalue weighted by molar-refractivity contribution is 0.00447. The number of rotatable bonds is 19. The molecule has 0 aromatic heterocycles. The Morgan fingerprint density at radius 2 is 0.979 bits per heavy atom. The van der Waals surface area contributed by atoms with E-state index in [2.05, 4.69) is 13.8 Å². The molecule has 0 saturated heterocycles. The molecule has 2 aromatic rings. The zero-order valence-corrected chi connectivity index (χ0v) is 29.4. The van der Waals surface area contributed by atoms with E-state index in [0.29, 0.717) is 24.3 Å². The van der Waals surface area contributed by atoms with Crippen LogP contribution in [-0.4, -0.2) is 37.9 Å². The highest BCUT2D eigenvalue weighted by molar-refractivity contribution is 5.90. The van der Waals surface area contributed by atoms with Crippen molar-refractivity contribution in [3.05, 3.63) is 59.7 Å². The van der Waals surface area contributed by atoms with Crippen LogP contribution in [0.2, 0.25) is 0 Å². The first-order valence-corrected chi connectivity index (χ1v) is 18.8. The Labute approximate surface area is 284 Å². The van der Waals surface area contributed by atoms with Crippen LogP contribution in [0.15, 0.2) is 48.5 Å². The summed E-state index contributed by atoms with van der Waals surface area (Å²) in [6.07, 6.45) is 20.4. The molecule has 0 amide bonds. The first kappa shape index (κ1) is 36.8. The van der Waals surface area contributed by atoms with Crippen LogP contribution < -0.4 is 9.47 Å². The molecule has 2 aliphatic carbocycles. The molecule has 2 saturated carbocycles.